The van der Waals surface area contributed by atoms with E-state index in [-0.39, 0.29) is 11.5 Å². The number of aromatic nitrogens is 1. The summed E-state index contributed by atoms with van der Waals surface area (Å²) in [5.74, 6) is -0.646. The molecule has 0 spiro atoms. The summed E-state index contributed by atoms with van der Waals surface area (Å²) in [6, 6.07) is 3.04. The molecular formula is C13H17FN2O2. The Kier molecular flexibility index (Phi) is 4.25. The molecule has 1 aliphatic rings. The second-order valence-electron chi connectivity index (χ2n) is 4.42. The number of halogens is 1. The van der Waals surface area contributed by atoms with Gasteiger partial charge < -0.3 is 9.64 Å². The molecule has 0 saturated carbocycles. The van der Waals surface area contributed by atoms with Gasteiger partial charge in [0.25, 0.3) is 5.91 Å². The van der Waals surface area contributed by atoms with Gasteiger partial charge in [0.1, 0.15) is 0 Å². The number of nitrogens with zero attached hydrogens (tertiary/aromatic N) is 2. The summed E-state index contributed by atoms with van der Waals surface area (Å²) in [5, 5.41) is 0. The van der Waals surface area contributed by atoms with Gasteiger partial charge >= 0.3 is 0 Å². The van der Waals surface area contributed by atoms with Crippen LogP contribution in [0.25, 0.3) is 0 Å². The molecule has 98 valence electrons. The SMILES string of the molecule is CCN(CC1CCOC1)C(=O)c1cccnc1F. The van der Waals surface area contributed by atoms with E-state index in [1.807, 2.05) is 6.92 Å². The summed E-state index contributed by atoms with van der Waals surface area (Å²) in [6.45, 7) is 4.49. The average molecular weight is 252 g/mol. The average Bonchev–Trinajstić information content (AvgIpc) is 2.88. The number of carbonyl (C=O) groups is 1. The molecule has 5 heteroatoms. The predicted molar refractivity (Wildman–Crippen MR) is 64.7 cm³/mol. The van der Waals surface area contributed by atoms with Gasteiger partial charge in [-0.15, -0.1) is 0 Å². The molecule has 1 saturated heterocycles. The van der Waals surface area contributed by atoms with Gasteiger partial charge in [0, 0.05) is 31.8 Å². The number of pyridine rings is 1. The van der Waals surface area contributed by atoms with Gasteiger partial charge in [-0.25, -0.2) is 4.98 Å². The van der Waals surface area contributed by atoms with Crippen molar-refractivity contribution in [3.05, 3.63) is 29.8 Å². The third-order valence-electron chi connectivity index (χ3n) is 3.16. The van der Waals surface area contributed by atoms with Crippen LogP contribution in [0.4, 0.5) is 4.39 Å². The molecule has 1 aromatic heterocycles. The molecular weight excluding hydrogens is 235 g/mol. The van der Waals surface area contributed by atoms with Crippen molar-refractivity contribution in [1.29, 1.82) is 0 Å². The summed E-state index contributed by atoms with van der Waals surface area (Å²) in [7, 11) is 0. The molecule has 2 rings (SSSR count). The van der Waals surface area contributed by atoms with E-state index >= 15 is 0 Å². The molecule has 1 aromatic rings. The molecule has 1 atom stereocenters. The molecule has 1 unspecified atom stereocenters. The Morgan fingerprint density at radius 2 is 2.50 bits per heavy atom. The Morgan fingerprint density at radius 1 is 1.67 bits per heavy atom. The first-order valence-corrected chi connectivity index (χ1v) is 6.20. The first-order chi connectivity index (χ1) is 8.72. The molecule has 1 aliphatic heterocycles. The van der Waals surface area contributed by atoms with Gasteiger partial charge in [0.05, 0.1) is 12.2 Å². The fraction of sp³-hybridized carbons (Fsp3) is 0.538. The molecule has 0 aliphatic carbocycles. The van der Waals surface area contributed by atoms with Crippen molar-refractivity contribution in [2.45, 2.75) is 13.3 Å². The van der Waals surface area contributed by atoms with Crippen LogP contribution in [-0.2, 0) is 4.74 Å². The topological polar surface area (TPSA) is 42.4 Å². The molecule has 0 radical (unpaired) electrons. The summed E-state index contributed by atoms with van der Waals surface area (Å²) < 4.78 is 18.8. The minimum Gasteiger partial charge on any atom is -0.381 e. The Labute approximate surface area is 106 Å². The second-order valence-corrected chi connectivity index (χ2v) is 4.42. The van der Waals surface area contributed by atoms with Crippen LogP contribution in [0.3, 0.4) is 0 Å². The van der Waals surface area contributed by atoms with Crippen LogP contribution >= 0.6 is 0 Å². The van der Waals surface area contributed by atoms with E-state index < -0.39 is 5.95 Å². The van der Waals surface area contributed by atoms with Crippen LogP contribution in [0.2, 0.25) is 0 Å². The Balaban J connectivity index is 2.07. The van der Waals surface area contributed by atoms with Gasteiger partial charge in [-0.1, -0.05) is 0 Å². The monoisotopic (exact) mass is 252 g/mol. The number of amides is 1. The van der Waals surface area contributed by atoms with Crippen molar-refractivity contribution in [1.82, 2.24) is 9.88 Å². The quantitative estimate of drug-likeness (QED) is 0.766. The van der Waals surface area contributed by atoms with E-state index in [0.29, 0.717) is 25.6 Å². The molecule has 0 bridgehead atoms. The Morgan fingerprint density at radius 3 is 3.11 bits per heavy atom. The van der Waals surface area contributed by atoms with E-state index in [0.717, 1.165) is 13.0 Å². The number of carbonyl (C=O) groups excluding carboxylic acids is 1. The second kappa shape index (κ2) is 5.91. The fourth-order valence-electron chi connectivity index (χ4n) is 2.11. The van der Waals surface area contributed by atoms with E-state index in [1.54, 1.807) is 11.0 Å². The van der Waals surface area contributed by atoms with E-state index in [2.05, 4.69) is 4.98 Å². The number of hydrogen-bond donors (Lipinski definition) is 0. The van der Waals surface area contributed by atoms with Crippen molar-refractivity contribution in [3.8, 4) is 0 Å². The zero-order valence-corrected chi connectivity index (χ0v) is 10.4. The van der Waals surface area contributed by atoms with Crippen LogP contribution in [0.15, 0.2) is 18.3 Å². The lowest BCUT2D eigenvalue weighted by molar-refractivity contribution is 0.0725. The van der Waals surface area contributed by atoms with Crippen molar-refractivity contribution in [3.63, 3.8) is 0 Å². The number of rotatable bonds is 4. The summed E-state index contributed by atoms with van der Waals surface area (Å²) in [6.07, 6.45) is 2.30. The minimum atomic E-state index is -0.705. The Bertz CT molecular complexity index is 419. The molecule has 0 N–H and O–H groups in total. The first-order valence-electron chi connectivity index (χ1n) is 6.20. The summed E-state index contributed by atoms with van der Waals surface area (Å²) in [5.41, 5.74) is 0.0401. The van der Waals surface area contributed by atoms with Crippen molar-refractivity contribution in [2.75, 3.05) is 26.3 Å². The van der Waals surface area contributed by atoms with Crippen molar-refractivity contribution < 1.29 is 13.9 Å². The van der Waals surface area contributed by atoms with Crippen LogP contribution in [0, 0.1) is 11.9 Å². The van der Waals surface area contributed by atoms with E-state index in [1.165, 1.54) is 12.3 Å². The standard InChI is InChI=1S/C13H17FN2O2/c1-2-16(8-10-5-7-18-9-10)13(17)11-4-3-6-15-12(11)14/h3-4,6,10H,2,5,7-9H2,1H3. The van der Waals surface area contributed by atoms with Crippen molar-refractivity contribution in [2.24, 2.45) is 5.92 Å². The lowest BCUT2D eigenvalue weighted by Crippen LogP contribution is -2.36. The molecule has 0 aromatic carbocycles. The third kappa shape index (κ3) is 2.85. The molecule has 2 heterocycles. The maximum absolute atomic E-state index is 13.5. The molecule has 1 fully saturated rings. The molecule has 4 nitrogen and oxygen atoms in total. The fourth-order valence-corrected chi connectivity index (χ4v) is 2.11. The minimum absolute atomic E-state index is 0.0401. The van der Waals surface area contributed by atoms with Crippen LogP contribution in [0.5, 0.6) is 0 Å². The highest BCUT2D eigenvalue weighted by molar-refractivity contribution is 5.94. The molecule has 18 heavy (non-hydrogen) atoms. The highest BCUT2D eigenvalue weighted by Gasteiger charge is 2.24. The predicted octanol–water partition coefficient (Wildman–Crippen LogP) is 1.72. The maximum atomic E-state index is 13.5. The largest absolute Gasteiger partial charge is 0.381 e. The lowest BCUT2D eigenvalue weighted by Gasteiger charge is -2.23. The highest BCUT2D eigenvalue weighted by atomic mass is 19.1. The zero-order valence-electron chi connectivity index (χ0n) is 10.4. The van der Waals surface area contributed by atoms with Gasteiger partial charge in [0.2, 0.25) is 5.95 Å². The maximum Gasteiger partial charge on any atom is 0.258 e. The van der Waals surface area contributed by atoms with Crippen molar-refractivity contribution >= 4 is 5.91 Å². The molecule has 1 amide bonds. The van der Waals surface area contributed by atoms with Crippen LogP contribution in [-0.4, -0.2) is 42.1 Å². The smallest absolute Gasteiger partial charge is 0.258 e. The van der Waals surface area contributed by atoms with Gasteiger partial charge in [-0.3, -0.25) is 4.79 Å². The number of ether oxygens (including phenoxy) is 1. The summed E-state index contributed by atoms with van der Waals surface area (Å²) in [4.78, 5) is 17.4. The third-order valence-corrected chi connectivity index (χ3v) is 3.16. The van der Waals surface area contributed by atoms with Crippen LogP contribution in [0.1, 0.15) is 23.7 Å². The van der Waals surface area contributed by atoms with Crippen LogP contribution < -0.4 is 0 Å². The van der Waals surface area contributed by atoms with Gasteiger partial charge in [-0.2, -0.15) is 4.39 Å². The van der Waals surface area contributed by atoms with Gasteiger partial charge in [-0.05, 0) is 25.5 Å². The normalized spacial score (nSPS) is 18.9. The zero-order chi connectivity index (χ0) is 13.0. The van der Waals surface area contributed by atoms with E-state index in [9.17, 15) is 9.18 Å². The first kappa shape index (κ1) is 13.0. The summed E-state index contributed by atoms with van der Waals surface area (Å²) >= 11 is 0. The lowest BCUT2D eigenvalue weighted by atomic mass is 10.1. The highest BCUT2D eigenvalue weighted by Crippen LogP contribution is 2.16. The number of hydrogen-bond acceptors (Lipinski definition) is 3. The van der Waals surface area contributed by atoms with E-state index in [4.69, 9.17) is 4.74 Å². The van der Waals surface area contributed by atoms with Gasteiger partial charge in [0.15, 0.2) is 0 Å². The Hall–Kier alpha value is -1.49.